The number of carbonyl (C=O) groups is 2. The number of aliphatic carboxylic acids is 2. The molecule has 6 rings (SSSR count). The van der Waals surface area contributed by atoms with Crippen molar-refractivity contribution >= 4 is 29.0 Å². The van der Waals surface area contributed by atoms with Crippen LogP contribution in [0.3, 0.4) is 0 Å². The van der Waals surface area contributed by atoms with Crippen molar-refractivity contribution in [3.8, 4) is 0 Å². The Morgan fingerprint density at radius 3 is 1.88 bits per heavy atom. The summed E-state index contributed by atoms with van der Waals surface area (Å²) in [6.07, 6.45) is 14.0. The summed E-state index contributed by atoms with van der Waals surface area (Å²) in [5.74, 6) is -1.64. The van der Waals surface area contributed by atoms with Crippen LogP contribution in [0, 0.1) is 0 Å². The average Bonchev–Trinajstić information content (AvgIpc) is 3.53. The molecule has 2 aliphatic rings. The van der Waals surface area contributed by atoms with E-state index >= 15 is 0 Å². The van der Waals surface area contributed by atoms with Crippen molar-refractivity contribution in [2.24, 2.45) is 0 Å². The van der Waals surface area contributed by atoms with Crippen LogP contribution in [0.15, 0.2) is 145 Å². The van der Waals surface area contributed by atoms with Gasteiger partial charge in [-0.1, -0.05) is 115 Å². The van der Waals surface area contributed by atoms with E-state index in [2.05, 4.69) is 133 Å². The quantitative estimate of drug-likeness (QED) is 0.0969. The fraction of sp³-hybridized carbons (Fsp3) is 0.267. The van der Waals surface area contributed by atoms with Gasteiger partial charge in [-0.25, -0.2) is 0 Å². The molecule has 2 N–H and O–H groups in total. The van der Waals surface area contributed by atoms with Gasteiger partial charge in [0.05, 0.1) is 11.8 Å². The molecule has 6 nitrogen and oxygen atoms in total. The second-order valence-corrected chi connectivity index (χ2v) is 13.9. The minimum absolute atomic E-state index is 0.0384. The van der Waals surface area contributed by atoms with Gasteiger partial charge >= 0.3 is 11.9 Å². The van der Waals surface area contributed by atoms with E-state index in [4.69, 9.17) is 0 Å². The minimum Gasteiger partial charge on any atom is -0.481 e. The van der Waals surface area contributed by atoms with E-state index in [1.54, 1.807) is 0 Å². The van der Waals surface area contributed by atoms with Crippen molar-refractivity contribution in [1.29, 1.82) is 0 Å². The van der Waals surface area contributed by atoms with Crippen LogP contribution in [0.25, 0.3) is 0 Å². The highest BCUT2D eigenvalue weighted by Gasteiger charge is 2.47. The standard InChI is InChI=1S/C45H46N2O4/c1-44(30-26-34-16-6-3-7-17-34)36-20-12-14-22-38(36)46(32-28-42(48)49)40(44)24-10-5-11-25-41-45(2,31-27-35-18-8-4-9-19-35)37-21-13-15-23-39(37)47(41)33-29-43(50)51/h3-25H,26-33H2,1-2H3,(H-,48,49,50,51)/p+1. The molecule has 2 atom stereocenters. The van der Waals surface area contributed by atoms with Crippen LogP contribution in [-0.4, -0.2) is 45.5 Å². The molecule has 0 saturated carbocycles. The molecule has 0 bridgehead atoms. The normalized spacial score (nSPS) is 20.4. The summed E-state index contributed by atoms with van der Waals surface area (Å²) in [6.45, 7) is 5.32. The number of benzene rings is 4. The van der Waals surface area contributed by atoms with Gasteiger partial charge in [0.25, 0.3) is 0 Å². The summed E-state index contributed by atoms with van der Waals surface area (Å²) < 4.78 is 2.18. The molecule has 260 valence electrons. The number of nitrogens with zero attached hydrogens (tertiary/aromatic N) is 2. The summed E-state index contributed by atoms with van der Waals surface area (Å²) in [5, 5.41) is 19.3. The molecule has 2 unspecified atom stereocenters. The summed E-state index contributed by atoms with van der Waals surface area (Å²) in [7, 11) is 0. The lowest BCUT2D eigenvalue weighted by molar-refractivity contribution is -0.436. The molecular formula is C45H47N2O4+. The van der Waals surface area contributed by atoms with Crippen molar-refractivity contribution in [3.05, 3.63) is 168 Å². The molecule has 0 aromatic heterocycles. The monoisotopic (exact) mass is 679 g/mol. The van der Waals surface area contributed by atoms with Gasteiger partial charge in [-0.05, 0) is 68.4 Å². The lowest BCUT2D eigenvalue weighted by Gasteiger charge is -2.30. The predicted octanol–water partition coefficient (Wildman–Crippen LogP) is 9.03. The maximum atomic E-state index is 11.7. The van der Waals surface area contributed by atoms with E-state index in [0.717, 1.165) is 48.5 Å². The fourth-order valence-electron chi connectivity index (χ4n) is 7.89. The fourth-order valence-corrected chi connectivity index (χ4v) is 7.89. The SMILES string of the molecule is CC1(CCc2ccccc2)C(/C=C/C=C/C=C2/N(CCC(=O)O)c3ccccc3C2(C)CCc2ccccc2)=[N+](CCC(=O)O)c2ccccc21. The minimum atomic E-state index is -0.819. The number of hydrogen-bond donors (Lipinski definition) is 2. The van der Waals surface area contributed by atoms with E-state index in [-0.39, 0.29) is 23.7 Å². The Morgan fingerprint density at radius 2 is 1.24 bits per heavy atom. The van der Waals surface area contributed by atoms with Crippen molar-refractivity contribution in [2.45, 2.75) is 63.2 Å². The number of rotatable bonds is 15. The van der Waals surface area contributed by atoms with E-state index in [0.29, 0.717) is 13.1 Å². The Balaban J connectivity index is 1.34. The number of aryl methyl sites for hydroxylation is 2. The molecule has 2 heterocycles. The lowest BCUT2D eigenvalue weighted by atomic mass is 9.75. The number of anilines is 1. The summed E-state index contributed by atoms with van der Waals surface area (Å²) in [4.78, 5) is 25.7. The highest BCUT2D eigenvalue weighted by atomic mass is 16.4. The van der Waals surface area contributed by atoms with Crippen LogP contribution in [0.4, 0.5) is 11.4 Å². The predicted molar refractivity (Wildman–Crippen MR) is 205 cm³/mol. The zero-order valence-electron chi connectivity index (χ0n) is 29.5. The summed E-state index contributed by atoms with van der Waals surface area (Å²) in [5.41, 5.74) is 8.64. The zero-order valence-corrected chi connectivity index (χ0v) is 29.5. The zero-order chi connectivity index (χ0) is 35.8. The number of hydrogen-bond acceptors (Lipinski definition) is 3. The van der Waals surface area contributed by atoms with Crippen molar-refractivity contribution in [3.63, 3.8) is 0 Å². The molecule has 4 aromatic rings. The molecule has 0 saturated heterocycles. The smallest absolute Gasteiger partial charge is 0.309 e. The van der Waals surface area contributed by atoms with Gasteiger partial charge in [0.15, 0.2) is 12.3 Å². The van der Waals surface area contributed by atoms with E-state index < -0.39 is 11.9 Å². The number of carboxylic acids is 2. The number of allylic oxidation sites excluding steroid dienone is 6. The summed E-state index contributed by atoms with van der Waals surface area (Å²) in [6, 6.07) is 37.7. The first-order valence-corrected chi connectivity index (χ1v) is 17.9. The third-order valence-electron chi connectivity index (χ3n) is 10.6. The topological polar surface area (TPSA) is 80.9 Å². The van der Waals surface area contributed by atoms with Crippen LogP contribution in [0.1, 0.15) is 61.8 Å². The third kappa shape index (κ3) is 7.65. The van der Waals surface area contributed by atoms with Gasteiger partial charge < -0.3 is 15.1 Å². The molecule has 2 aliphatic heterocycles. The number of fused-ring (bicyclic) bond motifs is 2. The third-order valence-corrected chi connectivity index (χ3v) is 10.6. The van der Waals surface area contributed by atoms with Crippen LogP contribution in [0.2, 0.25) is 0 Å². The molecule has 0 spiro atoms. The van der Waals surface area contributed by atoms with Gasteiger partial charge in [-0.15, -0.1) is 0 Å². The second-order valence-electron chi connectivity index (χ2n) is 13.9. The van der Waals surface area contributed by atoms with Crippen molar-refractivity contribution < 1.29 is 24.4 Å². The number of para-hydroxylation sites is 2. The van der Waals surface area contributed by atoms with E-state index in [9.17, 15) is 19.8 Å². The Hall–Kier alpha value is -5.49. The largest absolute Gasteiger partial charge is 0.481 e. The first-order valence-electron chi connectivity index (χ1n) is 17.9. The molecular weight excluding hydrogens is 633 g/mol. The van der Waals surface area contributed by atoms with Gasteiger partial charge in [0.2, 0.25) is 5.69 Å². The van der Waals surface area contributed by atoms with Crippen LogP contribution >= 0.6 is 0 Å². The molecule has 4 aromatic carbocycles. The second kappa shape index (κ2) is 15.6. The van der Waals surface area contributed by atoms with Crippen molar-refractivity contribution in [2.75, 3.05) is 18.0 Å². The summed E-state index contributed by atoms with van der Waals surface area (Å²) >= 11 is 0. The molecule has 51 heavy (non-hydrogen) atoms. The molecule has 0 fully saturated rings. The Labute approximate surface area is 301 Å². The van der Waals surface area contributed by atoms with Crippen LogP contribution in [0.5, 0.6) is 0 Å². The first-order chi connectivity index (χ1) is 24.7. The average molecular weight is 680 g/mol. The van der Waals surface area contributed by atoms with Crippen molar-refractivity contribution in [1.82, 2.24) is 0 Å². The molecule has 0 aliphatic carbocycles. The number of carboxylic acid groups (broad SMARTS) is 2. The molecule has 0 radical (unpaired) electrons. The Morgan fingerprint density at radius 1 is 0.667 bits per heavy atom. The Bertz CT molecular complexity index is 1990. The molecule has 0 amide bonds. The molecule has 6 heteroatoms. The first kappa shape index (κ1) is 35.3. The highest BCUT2D eigenvalue weighted by Crippen LogP contribution is 2.50. The maximum Gasteiger partial charge on any atom is 0.309 e. The highest BCUT2D eigenvalue weighted by molar-refractivity contribution is 6.03. The van der Waals surface area contributed by atoms with Crippen LogP contribution in [-0.2, 0) is 33.3 Å². The van der Waals surface area contributed by atoms with E-state index in [1.807, 2.05) is 30.3 Å². The van der Waals surface area contributed by atoms with Gasteiger partial charge in [-0.3, -0.25) is 9.59 Å². The maximum absolute atomic E-state index is 11.7. The van der Waals surface area contributed by atoms with Gasteiger partial charge in [0.1, 0.15) is 6.42 Å². The lowest BCUT2D eigenvalue weighted by Crippen LogP contribution is -2.32. The van der Waals surface area contributed by atoms with E-state index in [1.165, 1.54) is 22.3 Å². The van der Waals surface area contributed by atoms with Gasteiger partial charge in [-0.2, -0.15) is 4.58 Å². The van der Waals surface area contributed by atoms with Gasteiger partial charge in [0, 0.05) is 41.1 Å². The Kier molecular flexibility index (Phi) is 10.8. The van der Waals surface area contributed by atoms with Crippen LogP contribution < -0.4 is 4.90 Å².